The van der Waals surface area contributed by atoms with E-state index in [0.29, 0.717) is 0 Å². The van der Waals surface area contributed by atoms with E-state index in [1.54, 1.807) is 0 Å². The first-order valence-corrected chi connectivity index (χ1v) is 6.13. The fraction of sp³-hybridized carbons (Fsp3) is 0.500. The van der Waals surface area contributed by atoms with Crippen molar-refractivity contribution in [3.63, 3.8) is 0 Å². The smallest absolute Gasteiger partial charge is 0.0234 e. The molecule has 0 saturated carbocycles. The maximum atomic E-state index is 4.30. The van der Waals surface area contributed by atoms with Crippen LogP contribution in [0.5, 0.6) is 0 Å². The van der Waals surface area contributed by atoms with Crippen LogP contribution in [0.15, 0.2) is 24.3 Å². The summed E-state index contributed by atoms with van der Waals surface area (Å²) in [7, 11) is 0. The van der Waals surface area contributed by atoms with Gasteiger partial charge in [0.15, 0.2) is 0 Å². The summed E-state index contributed by atoms with van der Waals surface area (Å²) in [6, 6.07) is 8.72. The van der Waals surface area contributed by atoms with Gasteiger partial charge < -0.3 is 5.32 Å². The van der Waals surface area contributed by atoms with E-state index in [-0.39, 0.29) is 0 Å². The summed E-state index contributed by atoms with van der Waals surface area (Å²) in [5.41, 5.74) is 2.72. The summed E-state index contributed by atoms with van der Waals surface area (Å²) in [6.45, 7) is 5.62. The molecule has 0 amide bonds. The maximum Gasteiger partial charge on any atom is 0.0234 e. The van der Waals surface area contributed by atoms with Crippen LogP contribution in [0.2, 0.25) is 0 Å². The summed E-state index contributed by atoms with van der Waals surface area (Å²) in [6.07, 6.45) is 0. The average molecular weight is 222 g/mol. The van der Waals surface area contributed by atoms with Crippen molar-refractivity contribution in [2.45, 2.75) is 12.3 Å². The molecule has 2 rings (SSSR count). The van der Waals surface area contributed by atoms with Gasteiger partial charge >= 0.3 is 0 Å². The fourth-order valence-electron chi connectivity index (χ4n) is 1.95. The van der Waals surface area contributed by atoms with Crippen molar-refractivity contribution in [1.82, 2.24) is 10.2 Å². The first-order valence-electron chi connectivity index (χ1n) is 5.50. The molecule has 1 aromatic rings. The van der Waals surface area contributed by atoms with Crippen LogP contribution in [0.3, 0.4) is 0 Å². The Morgan fingerprint density at radius 3 is 2.67 bits per heavy atom. The molecule has 1 heterocycles. The Bertz CT molecular complexity index is 308. The molecule has 15 heavy (non-hydrogen) atoms. The number of nitrogens with one attached hydrogen (secondary N) is 1. The molecule has 0 spiro atoms. The van der Waals surface area contributed by atoms with Gasteiger partial charge in [-0.1, -0.05) is 24.3 Å². The number of thiol groups is 1. The van der Waals surface area contributed by atoms with Gasteiger partial charge in [-0.2, -0.15) is 12.6 Å². The summed E-state index contributed by atoms with van der Waals surface area (Å²) < 4.78 is 0. The first kappa shape index (κ1) is 11.0. The molecule has 0 radical (unpaired) electrons. The van der Waals surface area contributed by atoms with Gasteiger partial charge in [-0.3, -0.25) is 4.90 Å². The second kappa shape index (κ2) is 5.54. The number of benzene rings is 1. The number of nitrogens with zero attached hydrogens (tertiary/aromatic N) is 1. The average Bonchev–Trinajstić information content (AvgIpc) is 2.31. The molecule has 1 aromatic carbocycles. The van der Waals surface area contributed by atoms with E-state index in [4.69, 9.17) is 0 Å². The molecule has 0 aromatic heterocycles. The van der Waals surface area contributed by atoms with E-state index in [2.05, 4.69) is 47.1 Å². The second-order valence-electron chi connectivity index (χ2n) is 4.00. The third-order valence-electron chi connectivity index (χ3n) is 2.79. The van der Waals surface area contributed by atoms with Crippen LogP contribution in [0.1, 0.15) is 11.1 Å². The highest BCUT2D eigenvalue weighted by Gasteiger charge is 2.09. The Kier molecular flexibility index (Phi) is 4.06. The number of hydrogen-bond donors (Lipinski definition) is 2. The summed E-state index contributed by atoms with van der Waals surface area (Å²) in [5.74, 6) is 0.829. The molecule has 82 valence electrons. The predicted molar refractivity (Wildman–Crippen MR) is 67.3 cm³/mol. The van der Waals surface area contributed by atoms with Gasteiger partial charge in [0.25, 0.3) is 0 Å². The lowest BCUT2D eigenvalue weighted by Gasteiger charge is -2.27. The monoisotopic (exact) mass is 222 g/mol. The van der Waals surface area contributed by atoms with Gasteiger partial charge in [-0.05, 0) is 11.1 Å². The molecule has 1 saturated heterocycles. The third kappa shape index (κ3) is 3.23. The highest BCUT2D eigenvalue weighted by Crippen LogP contribution is 2.10. The van der Waals surface area contributed by atoms with Gasteiger partial charge in [0.1, 0.15) is 0 Å². The topological polar surface area (TPSA) is 15.3 Å². The third-order valence-corrected chi connectivity index (χ3v) is 3.15. The van der Waals surface area contributed by atoms with Crippen LogP contribution in [0.4, 0.5) is 0 Å². The molecule has 0 bridgehead atoms. The van der Waals surface area contributed by atoms with E-state index in [1.807, 2.05) is 0 Å². The molecule has 3 heteroatoms. The highest BCUT2D eigenvalue weighted by molar-refractivity contribution is 7.79. The van der Waals surface area contributed by atoms with E-state index in [9.17, 15) is 0 Å². The molecular formula is C12H18N2S. The largest absolute Gasteiger partial charge is 0.314 e. The van der Waals surface area contributed by atoms with Crippen molar-refractivity contribution >= 4 is 12.6 Å². The molecule has 1 fully saturated rings. The SMILES string of the molecule is SCc1cccc(CN2CCNCC2)c1. The van der Waals surface area contributed by atoms with Crippen molar-refractivity contribution in [3.8, 4) is 0 Å². The predicted octanol–water partition coefficient (Wildman–Crippen LogP) is 1.52. The lowest BCUT2D eigenvalue weighted by atomic mass is 10.1. The zero-order valence-corrected chi connectivity index (χ0v) is 9.84. The van der Waals surface area contributed by atoms with Gasteiger partial charge in [0.05, 0.1) is 0 Å². The van der Waals surface area contributed by atoms with Gasteiger partial charge in [0, 0.05) is 38.5 Å². The maximum absolute atomic E-state index is 4.30. The number of rotatable bonds is 3. The Morgan fingerprint density at radius 1 is 1.20 bits per heavy atom. The molecule has 1 N–H and O–H groups in total. The van der Waals surface area contributed by atoms with Crippen LogP contribution in [-0.4, -0.2) is 31.1 Å². The molecule has 1 aliphatic heterocycles. The quantitative estimate of drug-likeness (QED) is 0.754. The van der Waals surface area contributed by atoms with Crippen molar-refractivity contribution < 1.29 is 0 Å². The molecular weight excluding hydrogens is 204 g/mol. The van der Waals surface area contributed by atoms with Crippen LogP contribution in [-0.2, 0) is 12.3 Å². The number of hydrogen-bond acceptors (Lipinski definition) is 3. The minimum atomic E-state index is 0.829. The molecule has 0 unspecified atom stereocenters. The van der Waals surface area contributed by atoms with Crippen molar-refractivity contribution in [1.29, 1.82) is 0 Å². The van der Waals surface area contributed by atoms with Crippen LogP contribution >= 0.6 is 12.6 Å². The molecule has 2 nitrogen and oxygen atoms in total. The van der Waals surface area contributed by atoms with Crippen LogP contribution in [0, 0.1) is 0 Å². The number of piperazine rings is 1. The van der Waals surface area contributed by atoms with E-state index in [1.165, 1.54) is 11.1 Å². The van der Waals surface area contributed by atoms with Crippen molar-refractivity contribution in [3.05, 3.63) is 35.4 Å². The van der Waals surface area contributed by atoms with Gasteiger partial charge in [-0.15, -0.1) is 0 Å². The molecule has 0 atom stereocenters. The van der Waals surface area contributed by atoms with Gasteiger partial charge in [-0.25, -0.2) is 0 Å². The van der Waals surface area contributed by atoms with Crippen molar-refractivity contribution in [2.24, 2.45) is 0 Å². The van der Waals surface area contributed by atoms with E-state index in [0.717, 1.165) is 38.5 Å². The fourth-order valence-corrected chi connectivity index (χ4v) is 2.15. The van der Waals surface area contributed by atoms with Crippen LogP contribution < -0.4 is 5.32 Å². The lowest BCUT2D eigenvalue weighted by molar-refractivity contribution is 0.233. The normalized spacial score (nSPS) is 17.9. The zero-order valence-electron chi connectivity index (χ0n) is 8.95. The Balaban J connectivity index is 1.96. The first-order chi connectivity index (χ1) is 7.38. The molecule has 0 aliphatic carbocycles. The van der Waals surface area contributed by atoms with Crippen molar-refractivity contribution in [2.75, 3.05) is 26.2 Å². The molecule has 1 aliphatic rings. The Hall–Kier alpha value is -0.510. The zero-order chi connectivity index (χ0) is 10.5. The summed E-state index contributed by atoms with van der Waals surface area (Å²) in [4.78, 5) is 2.49. The van der Waals surface area contributed by atoms with Crippen LogP contribution in [0.25, 0.3) is 0 Å². The highest BCUT2D eigenvalue weighted by atomic mass is 32.1. The minimum Gasteiger partial charge on any atom is -0.314 e. The van der Waals surface area contributed by atoms with E-state index < -0.39 is 0 Å². The Morgan fingerprint density at radius 2 is 1.93 bits per heavy atom. The Labute approximate surface area is 97.1 Å². The standard InChI is InChI=1S/C12H18N2S/c15-10-12-3-1-2-11(8-12)9-14-6-4-13-5-7-14/h1-3,8,13,15H,4-7,9-10H2. The minimum absolute atomic E-state index is 0.829. The van der Waals surface area contributed by atoms with Gasteiger partial charge in [0.2, 0.25) is 0 Å². The summed E-state index contributed by atoms with van der Waals surface area (Å²) in [5, 5.41) is 3.37. The summed E-state index contributed by atoms with van der Waals surface area (Å²) >= 11 is 4.30. The lowest BCUT2D eigenvalue weighted by Crippen LogP contribution is -2.42. The second-order valence-corrected chi connectivity index (χ2v) is 4.32. The van der Waals surface area contributed by atoms with E-state index >= 15 is 0 Å².